The van der Waals surface area contributed by atoms with Gasteiger partial charge in [0.2, 0.25) is 0 Å². The Balaban J connectivity index is 2.46. The topological polar surface area (TPSA) is 75.4 Å². The van der Waals surface area contributed by atoms with Gasteiger partial charge in [-0.25, -0.2) is 9.78 Å². The standard InChI is InChI=1S/C24H29N3O3/c1-7-18(27(23(29)30)24(4,5)6)21-25-17-13-10-12-16(3)20(17)22(28)26(21)19-14-9-8-11-15(19)2/h8-14,18H,7H2,1-6H3,(H,29,30). The number of aryl methyl sites for hydroxylation is 2. The minimum Gasteiger partial charge on any atom is -0.465 e. The number of carbonyl (C=O) groups is 1. The third-order valence-corrected chi connectivity index (χ3v) is 5.41. The molecule has 6 heteroatoms. The fourth-order valence-electron chi connectivity index (χ4n) is 4.05. The van der Waals surface area contributed by atoms with Crippen molar-refractivity contribution in [2.75, 3.05) is 0 Å². The molecule has 0 aliphatic rings. The molecule has 0 bridgehead atoms. The molecule has 2 aromatic carbocycles. The van der Waals surface area contributed by atoms with E-state index in [1.807, 2.05) is 84.0 Å². The summed E-state index contributed by atoms with van der Waals surface area (Å²) in [4.78, 5) is 32.2. The Labute approximate surface area is 176 Å². The van der Waals surface area contributed by atoms with Crippen molar-refractivity contribution in [2.24, 2.45) is 0 Å². The largest absolute Gasteiger partial charge is 0.465 e. The molecule has 3 aromatic rings. The van der Waals surface area contributed by atoms with Crippen LogP contribution in [0.4, 0.5) is 4.79 Å². The smallest absolute Gasteiger partial charge is 0.408 e. The maximum absolute atomic E-state index is 13.7. The molecule has 0 saturated carbocycles. The average molecular weight is 408 g/mol. The summed E-state index contributed by atoms with van der Waals surface area (Å²) >= 11 is 0. The fourth-order valence-corrected chi connectivity index (χ4v) is 4.05. The van der Waals surface area contributed by atoms with Gasteiger partial charge in [-0.1, -0.05) is 37.3 Å². The van der Waals surface area contributed by atoms with Crippen molar-refractivity contribution < 1.29 is 9.90 Å². The Hall–Kier alpha value is -3.15. The maximum atomic E-state index is 13.7. The molecule has 0 fully saturated rings. The monoisotopic (exact) mass is 407 g/mol. The summed E-state index contributed by atoms with van der Waals surface area (Å²) < 4.78 is 1.60. The summed E-state index contributed by atoms with van der Waals surface area (Å²) in [5.74, 6) is 0.437. The molecule has 0 spiro atoms. The minimum absolute atomic E-state index is 0.180. The second-order valence-corrected chi connectivity index (χ2v) is 8.61. The molecule has 0 saturated heterocycles. The van der Waals surface area contributed by atoms with Crippen molar-refractivity contribution in [3.05, 3.63) is 69.8 Å². The molecule has 0 aliphatic carbocycles. The molecule has 6 nitrogen and oxygen atoms in total. The van der Waals surface area contributed by atoms with Crippen LogP contribution in [0.1, 0.15) is 57.1 Å². The first-order valence-corrected chi connectivity index (χ1v) is 10.2. The van der Waals surface area contributed by atoms with Crippen LogP contribution < -0.4 is 5.56 Å². The van der Waals surface area contributed by atoms with Gasteiger partial charge in [-0.2, -0.15) is 0 Å². The number of rotatable bonds is 4. The van der Waals surface area contributed by atoms with Crippen molar-refractivity contribution in [2.45, 2.75) is 59.5 Å². The number of amides is 1. The van der Waals surface area contributed by atoms with E-state index in [0.717, 1.165) is 11.1 Å². The zero-order valence-corrected chi connectivity index (χ0v) is 18.4. The lowest BCUT2D eigenvalue weighted by atomic mass is 10.0. The second-order valence-electron chi connectivity index (χ2n) is 8.61. The van der Waals surface area contributed by atoms with Crippen LogP contribution in [0.25, 0.3) is 16.6 Å². The van der Waals surface area contributed by atoms with Gasteiger partial charge in [-0.15, -0.1) is 0 Å². The van der Waals surface area contributed by atoms with E-state index >= 15 is 0 Å². The number of carboxylic acid groups (broad SMARTS) is 1. The zero-order chi connectivity index (χ0) is 22.2. The quantitative estimate of drug-likeness (QED) is 0.642. The highest BCUT2D eigenvalue weighted by Crippen LogP contribution is 2.32. The van der Waals surface area contributed by atoms with Crippen molar-refractivity contribution >= 4 is 17.0 Å². The van der Waals surface area contributed by atoms with Gasteiger partial charge in [0.05, 0.1) is 22.6 Å². The molecular formula is C24H29N3O3. The highest BCUT2D eigenvalue weighted by molar-refractivity contribution is 5.81. The Kier molecular flexibility index (Phi) is 5.70. The second kappa shape index (κ2) is 7.94. The molecule has 1 unspecified atom stereocenters. The summed E-state index contributed by atoms with van der Waals surface area (Å²) in [7, 11) is 0. The first-order chi connectivity index (χ1) is 14.1. The number of hydrogen-bond acceptors (Lipinski definition) is 3. The van der Waals surface area contributed by atoms with Crippen molar-refractivity contribution in [3.63, 3.8) is 0 Å². The normalized spacial score (nSPS) is 12.7. The summed E-state index contributed by atoms with van der Waals surface area (Å²) in [6.45, 7) is 11.3. The molecular weight excluding hydrogens is 378 g/mol. The van der Waals surface area contributed by atoms with E-state index in [9.17, 15) is 14.7 Å². The molecule has 0 aliphatic heterocycles. The molecule has 1 N–H and O–H groups in total. The van der Waals surface area contributed by atoms with Crippen LogP contribution in [0.3, 0.4) is 0 Å². The lowest BCUT2D eigenvalue weighted by Gasteiger charge is -2.39. The Morgan fingerprint density at radius 2 is 1.73 bits per heavy atom. The minimum atomic E-state index is -1.04. The highest BCUT2D eigenvalue weighted by Gasteiger charge is 2.36. The molecule has 1 atom stereocenters. The molecule has 1 heterocycles. The van der Waals surface area contributed by atoms with E-state index in [0.29, 0.717) is 28.8 Å². The summed E-state index contributed by atoms with van der Waals surface area (Å²) in [5.41, 5.74) is 2.22. The average Bonchev–Trinajstić information content (AvgIpc) is 2.65. The van der Waals surface area contributed by atoms with Crippen LogP contribution in [0.2, 0.25) is 0 Å². The van der Waals surface area contributed by atoms with Crippen molar-refractivity contribution in [3.8, 4) is 5.69 Å². The third kappa shape index (κ3) is 3.70. The van der Waals surface area contributed by atoms with Gasteiger partial charge in [-0.3, -0.25) is 14.3 Å². The van der Waals surface area contributed by atoms with Crippen molar-refractivity contribution in [1.82, 2.24) is 14.5 Å². The van der Waals surface area contributed by atoms with E-state index in [1.54, 1.807) is 4.57 Å². The van der Waals surface area contributed by atoms with Crippen LogP contribution >= 0.6 is 0 Å². The van der Waals surface area contributed by atoms with E-state index in [2.05, 4.69) is 0 Å². The third-order valence-electron chi connectivity index (χ3n) is 5.41. The predicted octanol–water partition coefficient (Wildman–Crippen LogP) is 5.23. The predicted molar refractivity (Wildman–Crippen MR) is 119 cm³/mol. The van der Waals surface area contributed by atoms with Gasteiger partial charge < -0.3 is 5.11 Å². The number of nitrogens with zero attached hydrogens (tertiary/aromatic N) is 3. The van der Waals surface area contributed by atoms with Crippen LogP contribution in [-0.2, 0) is 0 Å². The Morgan fingerprint density at radius 1 is 1.10 bits per heavy atom. The highest BCUT2D eigenvalue weighted by atomic mass is 16.4. The van der Waals surface area contributed by atoms with Gasteiger partial charge >= 0.3 is 6.09 Å². The molecule has 3 rings (SSSR count). The molecule has 1 aromatic heterocycles. The number of aromatic nitrogens is 2. The first kappa shape index (κ1) is 21.6. The van der Waals surface area contributed by atoms with E-state index < -0.39 is 17.7 Å². The number of hydrogen-bond donors (Lipinski definition) is 1. The molecule has 158 valence electrons. The Morgan fingerprint density at radius 3 is 2.30 bits per heavy atom. The molecule has 30 heavy (non-hydrogen) atoms. The van der Waals surface area contributed by atoms with Crippen molar-refractivity contribution in [1.29, 1.82) is 0 Å². The van der Waals surface area contributed by atoms with E-state index in [1.165, 1.54) is 4.90 Å². The van der Waals surface area contributed by atoms with Gasteiger partial charge in [0.1, 0.15) is 5.82 Å². The van der Waals surface area contributed by atoms with E-state index in [4.69, 9.17) is 4.98 Å². The summed E-state index contributed by atoms with van der Waals surface area (Å²) in [5, 5.41) is 10.6. The Bertz CT molecular complexity index is 1160. The maximum Gasteiger partial charge on any atom is 0.408 e. The summed E-state index contributed by atoms with van der Waals surface area (Å²) in [6.07, 6.45) is -0.552. The number of fused-ring (bicyclic) bond motifs is 1. The van der Waals surface area contributed by atoms with Crippen LogP contribution in [-0.4, -0.2) is 31.2 Å². The van der Waals surface area contributed by atoms with Crippen LogP contribution in [0.15, 0.2) is 47.3 Å². The van der Waals surface area contributed by atoms with Crippen LogP contribution in [0, 0.1) is 13.8 Å². The lowest BCUT2D eigenvalue weighted by molar-refractivity contribution is 0.0646. The SMILES string of the molecule is CCC(c1nc2cccc(C)c2c(=O)n1-c1ccccc1C)N(C(=O)O)C(C)(C)C. The van der Waals surface area contributed by atoms with Gasteiger partial charge in [0.15, 0.2) is 0 Å². The number of benzene rings is 2. The molecule has 0 radical (unpaired) electrons. The fraction of sp³-hybridized carbons (Fsp3) is 0.375. The van der Waals surface area contributed by atoms with Gasteiger partial charge in [-0.05, 0) is 64.3 Å². The zero-order valence-electron chi connectivity index (χ0n) is 18.4. The first-order valence-electron chi connectivity index (χ1n) is 10.2. The summed E-state index contributed by atoms with van der Waals surface area (Å²) in [6, 6.07) is 12.6. The van der Waals surface area contributed by atoms with Gasteiger partial charge in [0, 0.05) is 5.54 Å². The molecule has 1 amide bonds. The van der Waals surface area contributed by atoms with E-state index in [-0.39, 0.29) is 5.56 Å². The lowest BCUT2D eigenvalue weighted by Crippen LogP contribution is -2.48. The van der Waals surface area contributed by atoms with Crippen LogP contribution in [0.5, 0.6) is 0 Å². The van der Waals surface area contributed by atoms with Gasteiger partial charge in [0.25, 0.3) is 5.56 Å². The number of para-hydroxylation sites is 1.